The molecule has 26 heavy (non-hydrogen) atoms. The van der Waals surface area contributed by atoms with Crippen molar-refractivity contribution in [2.24, 2.45) is 0 Å². The van der Waals surface area contributed by atoms with Crippen molar-refractivity contribution in [1.82, 2.24) is 9.88 Å². The van der Waals surface area contributed by atoms with Crippen molar-refractivity contribution in [3.63, 3.8) is 0 Å². The Kier molecular flexibility index (Phi) is 4.50. The van der Waals surface area contributed by atoms with E-state index < -0.39 is 5.82 Å². The van der Waals surface area contributed by atoms with Crippen molar-refractivity contribution in [3.8, 4) is 11.6 Å². The lowest BCUT2D eigenvalue weighted by Gasteiger charge is -2.27. The molecule has 0 saturated carbocycles. The van der Waals surface area contributed by atoms with Gasteiger partial charge in [-0.3, -0.25) is 9.69 Å². The fourth-order valence-corrected chi connectivity index (χ4v) is 3.89. The third kappa shape index (κ3) is 2.91. The molecule has 1 aromatic heterocycles. The zero-order chi connectivity index (χ0) is 18.3. The molecule has 0 bridgehead atoms. The number of rotatable bonds is 3. The van der Waals surface area contributed by atoms with E-state index in [0.29, 0.717) is 17.5 Å². The lowest BCUT2D eigenvalue weighted by Crippen LogP contribution is -2.38. The van der Waals surface area contributed by atoms with E-state index in [1.165, 1.54) is 11.0 Å². The van der Waals surface area contributed by atoms with Crippen molar-refractivity contribution in [2.45, 2.75) is 25.3 Å². The molecule has 1 atom stereocenters. The van der Waals surface area contributed by atoms with Crippen LogP contribution in [0.15, 0.2) is 36.5 Å². The van der Waals surface area contributed by atoms with Gasteiger partial charge < -0.3 is 9.64 Å². The summed E-state index contributed by atoms with van der Waals surface area (Å²) in [6, 6.07) is 7.38. The van der Waals surface area contributed by atoms with E-state index in [-0.39, 0.29) is 28.4 Å². The Morgan fingerprint density at radius 3 is 2.88 bits per heavy atom. The second kappa shape index (κ2) is 6.81. The molecule has 2 aliphatic rings. The molecule has 1 amide bonds. The predicted octanol–water partition coefficient (Wildman–Crippen LogP) is 4.15. The molecular weight excluding hydrogens is 377 g/mol. The number of piperidine rings is 1. The van der Waals surface area contributed by atoms with Crippen LogP contribution in [0.4, 0.5) is 10.1 Å². The maximum Gasteiger partial charge on any atom is 0.256 e. The first-order chi connectivity index (χ1) is 12.6. The predicted molar refractivity (Wildman–Crippen MR) is 100 cm³/mol. The average Bonchev–Trinajstić information content (AvgIpc) is 2.90. The summed E-state index contributed by atoms with van der Waals surface area (Å²) in [4.78, 5) is 20.0. The van der Waals surface area contributed by atoms with Crippen LogP contribution in [0.1, 0.15) is 19.3 Å². The van der Waals surface area contributed by atoms with Crippen molar-refractivity contribution in [2.75, 3.05) is 11.4 Å². The first-order valence-electron chi connectivity index (χ1n) is 8.29. The maximum absolute atomic E-state index is 14.6. The van der Waals surface area contributed by atoms with Crippen molar-refractivity contribution in [1.29, 1.82) is 0 Å². The normalized spacial score (nSPS) is 19.7. The number of pyridine rings is 1. The zero-order valence-corrected chi connectivity index (χ0v) is 15.3. The van der Waals surface area contributed by atoms with Gasteiger partial charge >= 0.3 is 0 Å². The van der Waals surface area contributed by atoms with E-state index >= 15 is 0 Å². The lowest BCUT2D eigenvalue weighted by molar-refractivity contribution is -0.120. The highest BCUT2D eigenvalue weighted by molar-refractivity contribution is 7.80. The molecule has 0 radical (unpaired) electrons. The maximum atomic E-state index is 14.6. The highest BCUT2D eigenvalue weighted by Gasteiger charge is 2.45. The van der Waals surface area contributed by atoms with Crippen LogP contribution in [-0.4, -0.2) is 33.5 Å². The molecular formula is C18H15ClFN3O2S. The number of carbonyl (C=O) groups excluding carboxylic acids is 1. The van der Waals surface area contributed by atoms with Crippen LogP contribution in [0, 0.1) is 5.82 Å². The number of hydrogen-bond donors (Lipinski definition) is 0. The molecule has 2 aromatic rings. The Morgan fingerprint density at radius 2 is 2.15 bits per heavy atom. The summed E-state index contributed by atoms with van der Waals surface area (Å²) in [6.45, 7) is 0.707. The van der Waals surface area contributed by atoms with Gasteiger partial charge in [0.25, 0.3) is 5.91 Å². The molecule has 2 aliphatic heterocycles. The summed E-state index contributed by atoms with van der Waals surface area (Å²) in [5, 5.41) is 0.414. The monoisotopic (exact) mass is 391 g/mol. The van der Waals surface area contributed by atoms with E-state index in [1.54, 1.807) is 24.4 Å². The van der Waals surface area contributed by atoms with Crippen molar-refractivity contribution in [3.05, 3.63) is 47.4 Å². The molecule has 0 N–H and O–H groups in total. The van der Waals surface area contributed by atoms with Gasteiger partial charge in [0.2, 0.25) is 5.88 Å². The molecule has 3 heterocycles. The SMILES string of the molecule is O=C1[C@H]2CCCCN2C(=S)N1c1cc(Oc2ccccn2)c(Cl)cc1F. The van der Waals surface area contributed by atoms with Gasteiger partial charge in [-0.1, -0.05) is 17.7 Å². The molecule has 2 saturated heterocycles. The topological polar surface area (TPSA) is 45.7 Å². The summed E-state index contributed by atoms with van der Waals surface area (Å²) >= 11 is 11.6. The van der Waals surface area contributed by atoms with Crippen molar-refractivity contribution >= 4 is 40.5 Å². The van der Waals surface area contributed by atoms with Crippen LogP contribution >= 0.6 is 23.8 Å². The van der Waals surface area contributed by atoms with Gasteiger partial charge in [-0.15, -0.1) is 0 Å². The number of ether oxygens (including phenoxy) is 1. The number of benzene rings is 1. The third-order valence-corrected chi connectivity index (χ3v) is 5.25. The van der Waals surface area contributed by atoms with Gasteiger partial charge in [0.05, 0.1) is 10.7 Å². The highest BCUT2D eigenvalue weighted by Crippen LogP contribution is 2.38. The Bertz CT molecular complexity index is 856. The van der Waals surface area contributed by atoms with E-state index in [2.05, 4.69) is 4.98 Å². The number of carbonyl (C=O) groups is 1. The van der Waals surface area contributed by atoms with Crippen molar-refractivity contribution < 1.29 is 13.9 Å². The summed E-state index contributed by atoms with van der Waals surface area (Å²) in [5.41, 5.74) is 0.0460. The fourth-order valence-electron chi connectivity index (χ4n) is 3.30. The third-order valence-electron chi connectivity index (χ3n) is 4.54. The van der Waals surface area contributed by atoms with Crippen LogP contribution in [0.3, 0.4) is 0 Å². The minimum atomic E-state index is -0.626. The quantitative estimate of drug-likeness (QED) is 0.735. The number of amides is 1. The molecule has 0 unspecified atom stereocenters. The molecule has 2 fully saturated rings. The first-order valence-corrected chi connectivity index (χ1v) is 9.07. The number of hydrogen-bond acceptors (Lipinski definition) is 4. The summed E-state index contributed by atoms with van der Waals surface area (Å²) < 4.78 is 20.3. The average molecular weight is 392 g/mol. The minimum Gasteiger partial charge on any atom is -0.437 e. The molecule has 0 aliphatic carbocycles. The van der Waals surface area contributed by atoms with E-state index in [0.717, 1.165) is 25.3 Å². The Morgan fingerprint density at radius 1 is 1.31 bits per heavy atom. The van der Waals surface area contributed by atoms with Gasteiger partial charge in [-0.25, -0.2) is 9.37 Å². The number of fused-ring (bicyclic) bond motifs is 1. The molecule has 134 valence electrons. The fraction of sp³-hybridized carbons (Fsp3) is 0.278. The number of aromatic nitrogens is 1. The second-order valence-corrected chi connectivity index (χ2v) is 6.94. The number of anilines is 1. The van der Waals surface area contributed by atoms with Crippen LogP contribution in [0.2, 0.25) is 5.02 Å². The Hall–Kier alpha value is -2.25. The molecule has 4 rings (SSSR count). The number of nitrogens with zero attached hydrogens (tertiary/aromatic N) is 3. The summed E-state index contributed by atoms with van der Waals surface area (Å²) in [5.74, 6) is -0.305. The van der Waals surface area contributed by atoms with Gasteiger partial charge in [0.1, 0.15) is 17.6 Å². The number of thiocarbonyl (C=S) groups is 1. The second-order valence-electron chi connectivity index (χ2n) is 6.17. The minimum absolute atomic E-state index is 0.0460. The van der Waals surface area contributed by atoms with Crippen LogP contribution < -0.4 is 9.64 Å². The smallest absolute Gasteiger partial charge is 0.256 e. The van der Waals surface area contributed by atoms with E-state index in [1.807, 2.05) is 4.90 Å². The van der Waals surface area contributed by atoms with Crippen LogP contribution in [-0.2, 0) is 4.79 Å². The Labute approximate surface area is 160 Å². The van der Waals surface area contributed by atoms with Gasteiger partial charge in [0.15, 0.2) is 5.11 Å². The standard InChI is InChI=1S/C18H15ClFN3O2S/c19-11-9-12(20)14(10-15(11)25-16-6-1-3-7-21-16)23-17(24)13-5-2-4-8-22(13)18(23)26/h1,3,6-7,9-10,13H,2,4-5,8H2/t13-/m1/s1. The molecule has 0 spiro atoms. The number of halogens is 2. The van der Waals surface area contributed by atoms with E-state index in [9.17, 15) is 9.18 Å². The van der Waals surface area contributed by atoms with Gasteiger partial charge in [0, 0.05) is 24.9 Å². The molecule has 1 aromatic carbocycles. The molecule has 5 nitrogen and oxygen atoms in total. The lowest BCUT2D eigenvalue weighted by atomic mass is 10.0. The summed E-state index contributed by atoms with van der Waals surface area (Å²) in [6.07, 6.45) is 4.22. The first kappa shape index (κ1) is 17.2. The largest absolute Gasteiger partial charge is 0.437 e. The highest BCUT2D eigenvalue weighted by atomic mass is 35.5. The zero-order valence-electron chi connectivity index (χ0n) is 13.7. The Balaban J connectivity index is 1.71. The summed E-state index contributed by atoms with van der Waals surface area (Å²) in [7, 11) is 0. The van der Waals surface area contributed by atoms with Gasteiger partial charge in [-0.05, 0) is 43.6 Å². The van der Waals surface area contributed by atoms with E-state index in [4.69, 9.17) is 28.6 Å². The molecule has 8 heteroatoms. The van der Waals surface area contributed by atoms with Gasteiger partial charge in [-0.2, -0.15) is 0 Å². The van der Waals surface area contributed by atoms with Crippen LogP contribution in [0.25, 0.3) is 0 Å². The van der Waals surface area contributed by atoms with Crippen LogP contribution in [0.5, 0.6) is 11.6 Å².